The molecule has 14 nitrogen and oxygen atoms in total. The number of nitrogens with zero attached hydrogens (tertiary/aromatic N) is 7. The highest BCUT2D eigenvalue weighted by Gasteiger charge is 2.36. The van der Waals surface area contributed by atoms with Crippen molar-refractivity contribution in [2.45, 2.75) is 38.4 Å². The number of fused-ring (bicyclic) bond motifs is 1. The molecule has 17 heteroatoms. The summed E-state index contributed by atoms with van der Waals surface area (Å²) in [6.07, 6.45) is 2.65. The van der Waals surface area contributed by atoms with Crippen LogP contribution in [0.4, 0.5) is 29.6 Å². The quantitative estimate of drug-likeness (QED) is 0.363. The molecule has 6 rings (SSSR count). The van der Waals surface area contributed by atoms with Crippen LogP contribution in [-0.2, 0) is 31.8 Å². The van der Waals surface area contributed by atoms with Crippen LogP contribution in [-0.4, -0.2) is 113 Å². The molecular weight excluding hydrogens is 647 g/mol. The van der Waals surface area contributed by atoms with Gasteiger partial charge in [0, 0.05) is 63.8 Å². The van der Waals surface area contributed by atoms with Crippen molar-refractivity contribution in [2.24, 2.45) is 0 Å². The molecule has 0 atom stereocenters. The molecular formula is C32H38F3N9O5. The standard InChI is InChI=1S/C32H38F3N9O5/c1-48-31(47)38-26-16-24(32(33,34)35)23(17-36-26)28-39-29(43-11-13-49-14-12-43)25-15-21(20-44(25)40-28)19-41-7-9-42(10-8-41)27(45)18-37-30(46)22-5-3-2-4-6-22/h5,15-17,20H,2-4,6-14,18-19H2,1H3,(H,37,46)(H,36,38,47). The van der Waals surface area contributed by atoms with Gasteiger partial charge in [0.15, 0.2) is 11.6 Å². The first-order chi connectivity index (χ1) is 23.6. The number of amides is 3. The van der Waals surface area contributed by atoms with Gasteiger partial charge in [-0.2, -0.15) is 13.2 Å². The fraction of sp³-hybridized carbons (Fsp3) is 0.500. The summed E-state index contributed by atoms with van der Waals surface area (Å²) in [5.74, 6) is -0.345. The molecule has 2 saturated heterocycles. The first-order valence-electron chi connectivity index (χ1n) is 16.2. The Hall–Kier alpha value is -4.77. The number of ether oxygens (including phenoxy) is 2. The van der Waals surface area contributed by atoms with E-state index in [2.05, 4.69) is 35.3 Å². The minimum absolute atomic E-state index is 0.0392. The van der Waals surface area contributed by atoms with Crippen molar-refractivity contribution in [2.75, 3.05) is 76.4 Å². The second-order valence-electron chi connectivity index (χ2n) is 12.1. The molecule has 3 aromatic rings. The number of pyridine rings is 1. The average molecular weight is 686 g/mol. The van der Waals surface area contributed by atoms with Crippen LogP contribution < -0.4 is 15.5 Å². The van der Waals surface area contributed by atoms with Crippen LogP contribution in [0.1, 0.15) is 36.8 Å². The van der Waals surface area contributed by atoms with E-state index in [4.69, 9.17) is 4.74 Å². The zero-order chi connectivity index (χ0) is 34.5. The van der Waals surface area contributed by atoms with E-state index in [9.17, 15) is 27.6 Å². The summed E-state index contributed by atoms with van der Waals surface area (Å²) in [7, 11) is 1.09. The summed E-state index contributed by atoms with van der Waals surface area (Å²) in [4.78, 5) is 51.3. The topological polar surface area (TPSA) is 147 Å². The van der Waals surface area contributed by atoms with Crippen LogP contribution in [0.5, 0.6) is 0 Å². The Labute approximate surface area is 280 Å². The van der Waals surface area contributed by atoms with Gasteiger partial charge < -0.3 is 24.6 Å². The Morgan fingerprint density at radius 1 is 1.04 bits per heavy atom. The lowest BCUT2D eigenvalue weighted by molar-refractivity contribution is -0.137. The lowest BCUT2D eigenvalue weighted by Gasteiger charge is -2.34. The molecule has 262 valence electrons. The van der Waals surface area contributed by atoms with Gasteiger partial charge in [0.1, 0.15) is 11.3 Å². The van der Waals surface area contributed by atoms with Gasteiger partial charge in [-0.25, -0.2) is 19.3 Å². The van der Waals surface area contributed by atoms with Crippen LogP contribution in [0.3, 0.4) is 0 Å². The van der Waals surface area contributed by atoms with E-state index < -0.39 is 17.8 Å². The molecule has 0 spiro atoms. The second kappa shape index (κ2) is 14.8. The Kier molecular flexibility index (Phi) is 10.3. The van der Waals surface area contributed by atoms with Crippen molar-refractivity contribution < 1.29 is 37.0 Å². The van der Waals surface area contributed by atoms with Crippen molar-refractivity contribution >= 4 is 35.1 Å². The zero-order valence-corrected chi connectivity index (χ0v) is 27.1. The van der Waals surface area contributed by atoms with Crippen LogP contribution in [0.25, 0.3) is 16.9 Å². The van der Waals surface area contributed by atoms with E-state index in [1.165, 1.54) is 4.52 Å². The smallest absolute Gasteiger partial charge is 0.417 e. The Balaban J connectivity index is 1.19. The molecule has 49 heavy (non-hydrogen) atoms. The number of aromatic nitrogens is 4. The van der Waals surface area contributed by atoms with Gasteiger partial charge in [-0.3, -0.25) is 19.8 Å². The number of hydrogen-bond donors (Lipinski definition) is 2. The summed E-state index contributed by atoms with van der Waals surface area (Å²) in [6, 6.07) is 2.65. The maximum absolute atomic E-state index is 14.3. The molecule has 0 bridgehead atoms. The zero-order valence-electron chi connectivity index (χ0n) is 27.1. The van der Waals surface area contributed by atoms with E-state index in [0.29, 0.717) is 70.4 Å². The summed E-state index contributed by atoms with van der Waals surface area (Å²) >= 11 is 0. The number of rotatable bonds is 8. The molecule has 2 N–H and O–H groups in total. The van der Waals surface area contributed by atoms with Crippen molar-refractivity contribution in [1.29, 1.82) is 0 Å². The number of allylic oxidation sites excluding steroid dienone is 1. The van der Waals surface area contributed by atoms with E-state index in [-0.39, 0.29) is 35.6 Å². The highest BCUT2D eigenvalue weighted by Crippen LogP contribution is 2.38. The highest BCUT2D eigenvalue weighted by atomic mass is 19.4. The first kappa shape index (κ1) is 34.1. The van der Waals surface area contributed by atoms with Crippen molar-refractivity contribution in [3.8, 4) is 11.4 Å². The SMILES string of the molecule is COC(=O)Nc1cc(C(F)(F)F)c(-c2nc(N3CCOCC3)c3cc(CN4CCN(C(=O)CNC(=O)C5=CCCCC5)CC4)cn3n2)cn1. The number of anilines is 2. The fourth-order valence-corrected chi connectivity index (χ4v) is 6.18. The molecule has 0 radical (unpaired) electrons. The molecule has 0 saturated carbocycles. The highest BCUT2D eigenvalue weighted by molar-refractivity contribution is 5.95. The van der Waals surface area contributed by atoms with Gasteiger partial charge in [0.25, 0.3) is 0 Å². The first-order valence-corrected chi connectivity index (χ1v) is 16.2. The molecule has 0 aromatic carbocycles. The number of hydrogen-bond acceptors (Lipinski definition) is 10. The molecule has 1 aliphatic carbocycles. The van der Waals surface area contributed by atoms with E-state index in [1.807, 2.05) is 17.0 Å². The molecule has 3 aromatic heterocycles. The Morgan fingerprint density at radius 2 is 1.82 bits per heavy atom. The number of morpholine rings is 1. The molecule has 3 amide bonds. The van der Waals surface area contributed by atoms with Gasteiger partial charge in [-0.15, -0.1) is 5.10 Å². The number of halogens is 3. The summed E-state index contributed by atoms with van der Waals surface area (Å²) < 4.78 is 54.4. The third kappa shape index (κ3) is 8.10. The molecule has 2 aliphatic heterocycles. The summed E-state index contributed by atoms with van der Waals surface area (Å²) in [5.41, 5.74) is 0.846. The third-order valence-electron chi connectivity index (χ3n) is 8.79. The minimum atomic E-state index is -4.80. The Bertz CT molecular complexity index is 1730. The van der Waals surface area contributed by atoms with E-state index >= 15 is 0 Å². The van der Waals surface area contributed by atoms with Crippen molar-refractivity contribution in [1.82, 2.24) is 34.7 Å². The number of carbonyl (C=O) groups is 3. The molecule has 5 heterocycles. The van der Waals surface area contributed by atoms with E-state index in [0.717, 1.165) is 56.2 Å². The van der Waals surface area contributed by atoms with Crippen LogP contribution in [0.2, 0.25) is 0 Å². The minimum Gasteiger partial charge on any atom is -0.453 e. The largest absolute Gasteiger partial charge is 0.453 e. The van der Waals surface area contributed by atoms with E-state index in [1.54, 1.807) is 11.1 Å². The lowest BCUT2D eigenvalue weighted by Crippen LogP contribution is -2.50. The normalized spacial score (nSPS) is 17.5. The number of alkyl halides is 3. The molecule has 3 aliphatic rings. The Morgan fingerprint density at radius 3 is 2.51 bits per heavy atom. The number of methoxy groups -OCH3 is 1. The maximum Gasteiger partial charge on any atom is 0.417 e. The van der Waals surface area contributed by atoms with Gasteiger partial charge in [-0.1, -0.05) is 6.08 Å². The lowest BCUT2D eigenvalue weighted by atomic mass is 9.99. The predicted molar refractivity (Wildman–Crippen MR) is 172 cm³/mol. The maximum atomic E-state index is 14.3. The monoisotopic (exact) mass is 685 g/mol. The average Bonchev–Trinajstić information content (AvgIpc) is 3.53. The third-order valence-corrected chi connectivity index (χ3v) is 8.79. The van der Waals surface area contributed by atoms with Gasteiger partial charge in [0.05, 0.1) is 38.0 Å². The fourth-order valence-electron chi connectivity index (χ4n) is 6.18. The molecule has 0 unspecified atom stereocenters. The van der Waals surface area contributed by atoms with Crippen molar-refractivity contribution in [3.63, 3.8) is 0 Å². The number of piperazine rings is 1. The summed E-state index contributed by atoms with van der Waals surface area (Å²) in [5, 5.41) is 9.41. The van der Waals surface area contributed by atoms with Crippen LogP contribution in [0.15, 0.2) is 36.2 Å². The van der Waals surface area contributed by atoms with Gasteiger partial charge in [0.2, 0.25) is 11.8 Å². The van der Waals surface area contributed by atoms with Crippen molar-refractivity contribution in [3.05, 3.63) is 47.3 Å². The number of nitrogens with one attached hydrogen (secondary N) is 2. The van der Waals surface area contributed by atoms with Gasteiger partial charge >= 0.3 is 12.3 Å². The second-order valence-corrected chi connectivity index (χ2v) is 12.1. The van der Waals surface area contributed by atoms with Crippen LogP contribution in [0, 0.1) is 0 Å². The predicted octanol–water partition coefficient (Wildman–Crippen LogP) is 3.09. The molecule has 2 fully saturated rings. The van der Waals surface area contributed by atoms with Crippen LogP contribution >= 0.6 is 0 Å². The number of carbonyl (C=O) groups excluding carboxylic acids is 3. The summed E-state index contributed by atoms with van der Waals surface area (Å²) in [6.45, 7) is 4.57. The van der Waals surface area contributed by atoms with Gasteiger partial charge in [-0.05, 0) is 43.4 Å².